The zero-order chi connectivity index (χ0) is 35.5. The number of piperidine rings is 1. The molecular weight excluding hydrogens is 632 g/mol. The fourth-order valence-corrected chi connectivity index (χ4v) is 7.21. The maximum absolute atomic E-state index is 13.3. The lowest BCUT2D eigenvalue weighted by Gasteiger charge is -2.43. The molecule has 2 aliphatic rings. The molecule has 0 spiro atoms. The average molecular weight is 687 g/mol. The van der Waals surface area contributed by atoms with Crippen molar-refractivity contribution in [1.82, 2.24) is 15.1 Å². The second-order valence-electron chi connectivity index (χ2n) is 13.5. The summed E-state index contributed by atoms with van der Waals surface area (Å²) in [7, 11) is 0. The number of phenolic OH excluding ortho intramolecular Hbond substituents is 2. The molecule has 270 valence electrons. The van der Waals surface area contributed by atoms with E-state index in [9.17, 15) is 19.8 Å². The minimum atomic E-state index is -0.287. The van der Waals surface area contributed by atoms with E-state index in [1.165, 1.54) is 5.56 Å². The first kappa shape index (κ1) is 37.1. The Morgan fingerprint density at radius 2 is 1.78 bits per heavy atom. The molecule has 3 aromatic rings. The van der Waals surface area contributed by atoms with Crippen molar-refractivity contribution >= 4 is 17.5 Å². The van der Waals surface area contributed by atoms with Gasteiger partial charge in [0.2, 0.25) is 5.91 Å². The van der Waals surface area contributed by atoms with Gasteiger partial charge in [-0.2, -0.15) is 0 Å². The number of carbonyl (C=O) groups excluding carboxylic acids is 2. The second kappa shape index (κ2) is 17.7. The first-order valence-corrected chi connectivity index (χ1v) is 18.2. The summed E-state index contributed by atoms with van der Waals surface area (Å²) in [5, 5.41) is 27.3. The van der Waals surface area contributed by atoms with Crippen LogP contribution < -0.4 is 15.4 Å². The number of ether oxygens (including phenoxy) is 2. The first-order valence-electron chi connectivity index (χ1n) is 18.2. The van der Waals surface area contributed by atoms with Crippen LogP contribution >= 0.6 is 0 Å². The first-order chi connectivity index (χ1) is 24.3. The molecule has 2 amide bonds. The summed E-state index contributed by atoms with van der Waals surface area (Å²) in [6.07, 6.45) is 4.45. The summed E-state index contributed by atoms with van der Waals surface area (Å²) in [6.45, 7) is 12.0. The molecule has 2 aliphatic heterocycles. The van der Waals surface area contributed by atoms with E-state index in [-0.39, 0.29) is 35.6 Å². The smallest absolute Gasteiger partial charge is 0.262 e. The molecular formula is C40H54N4O6. The van der Waals surface area contributed by atoms with Gasteiger partial charge >= 0.3 is 0 Å². The molecule has 0 aliphatic carbocycles. The number of amides is 2. The number of phenols is 2. The third-order valence-electron chi connectivity index (χ3n) is 10.4. The molecule has 1 saturated heterocycles. The van der Waals surface area contributed by atoms with E-state index in [1.54, 1.807) is 12.1 Å². The molecule has 0 bridgehead atoms. The van der Waals surface area contributed by atoms with E-state index in [2.05, 4.69) is 66.6 Å². The van der Waals surface area contributed by atoms with Crippen LogP contribution in [0.1, 0.15) is 68.7 Å². The normalized spacial score (nSPS) is 16.3. The van der Waals surface area contributed by atoms with Gasteiger partial charge in [-0.25, -0.2) is 0 Å². The topological polar surface area (TPSA) is 124 Å². The summed E-state index contributed by atoms with van der Waals surface area (Å²) < 4.78 is 11.6. The van der Waals surface area contributed by atoms with Crippen LogP contribution in [0.25, 0.3) is 0 Å². The molecule has 0 aromatic heterocycles. The summed E-state index contributed by atoms with van der Waals surface area (Å²) in [6, 6.07) is 20.0. The molecule has 0 saturated carbocycles. The van der Waals surface area contributed by atoms with Gasteiger partial charge in [0.25, 0.3) is 5.91 Å². The standard InChI is InChI=1S/C40H54N4O6/c1-4-29(3)44(24-21-41-20-15-31-12-14-35(46)38-39(31)50-28-36(47)42-38)37(48)17-26-49-25-16-30-11-13-34(45)33(27-30)40(32-9-7-6-8-10-32)18-22-43(5-2)23-19-40/h6-14,27,29,41,45-46H,4-5,15-26,28H2,1-3H3,(H,42,47)/t29-/m1/s1. The number of nitrogens with zero attached hydrogens (tertiary/aromatic N) is 2. The molecule has 0 unspecified atom stereocenters. The van der Waals surface area contributed by atoms with Crippen molar-refractivity contribution in [3.8, 4) is 17.2 Å². The largest absolute Gasteiger partial charge is 0.508 e. The Morgan fingerprint density at radius 1 is 1.02 bits per heavy atom. The molecule has 10 nitrogen and oxygen atoms in total. The second-order valence-corrected chi connectivity index (χ2v) is 13.5. The van der Waals surface area contributed by atoms with Gasteiger partial charge in [-0.3, -0.25) is 9.59 Å². The van der Waals surface area contributed by atoms with E-state index in [1.807, 2.05) is 23.1 Å². The molecule has 1 atom stereocenters. The highest BCUT2D eigenvalue weighted by Gasteiger charge is 2.39. The van der Waals surface area contributed by atoms with Crippen LogP contribution in [0, 0.1) is 0 Å². The van der Waals surface area contributed by atoms with Crippen molar-refractivity contribution in [2.45, 2.75) is 70.8 Å². The van der Waals surface area contributed by atoms with Crippen molar-refractivity contribution in [3.63, 3.8) is 0 Å². The van der Waals surface area contributed by atoms with Crippen LogP contribution in [-0.2, 0) is 32.6 Å². The van der Waals surface area contributed by atoms with E-state index in [0.29, 0.717) is 69.3 Å². The highest BCUT2D eigenvalue weighted by atomic mass is 16.5. The molecule has 4 N–H and O–H groups in total. The predicted octanol–water partition coefficient (Wildman–Crippen LogP) is 5.24. The molecule has 3 aromatic carbocycles. The highest BCUT2D eigenvalue weighted by molar-refractivity contribution is 5.97. The third kappa shape index (κ3) is 8.96. The average Bonchev–Trinajstić information content (AvgIpc) is 3.14. The minimum absolute atomic E-state index is 0.0129. The van der Waals surface area contributed by atoms with E-state index in [0.717, 1.165) is 55.6 Å². The Morgan fingerprint density at radius 3 is 2.52 bits per heavy atom. The molecule has 5 rings (SSSR count). The Labute approximate surface area is 296 Å². The molecule has 2 heterocycles. The number of nitrogens with one attached hydrogen (secondary N) is 2. The SMILES string of the molecule is CC[C@@H](C)N(CCNCCc1ccc(O)c2c1OCC(=O)N2)C(=O)CCOCCc1ccc(O)c(C2(c3ccccc3)CCN(CC)CC2)c1. The number of carbonyl (C=O) groups is 2. The van der Waals surface area contributed by atoms with E-state index >= 15 is 0 Å². The quantitative estimate of drug-likeness (QED) is 0.112. The third-order valence-corrected chi connectivity index (χ3v) is 10.4. The molecule has 50 heavy (non-hydrogen) atoms. The number of aromatic hydroxyl groups is 2. The van der Waals surface area contributed by atoms with Crippen LogP contribution in [0.2, 0.25) is 0 Å². The lowest BCUT2D eigenvalue weighted by atomic mass is 9.67. The van der Waals surface area contributed by atoms with Crippen molar-refractivity contribution in [2.24, 2.45) is 0 Å². The van der Waals surface area contributed by atoms with Gasteiger partial charge in [0.1, 0.15) is 17.2 Å². The Balaban J connectivity index is 1.09. The van der Waals surface area contributed by atoms with E-state index < -0.39 is 0 Å². The van der Waals surface area contributed by atoms with Crippen molar-refractivity contribution < 1.29 is 29.3 Å². The van der Waals surface area contributed by atoms with Gasteiger partial charge < -0.3 is 40.1 Å². The van der Waals surface area contributed by atoms with Crippen molar-refractivity contribution in [3.05, 3.63) is 82.9 Å². The molecule has 1 fully saturated rings. The molecule has 0 radical (unpaired) electrons. The summed E-state index contributed by atoms with van der Waals surface area (Å²) >= 11 is 0. The predicted molar refractivity (Wildman–Crippen MR) is 196 cm³/mol. The zero-order valence-corrected chi connectivity index (χ0v) is 29.9. The number of hydrogen-bond acceptors (Lipinski definition) is 8. The summed E-state index contributed by atoms with van der Waals surface area (Å²) in [5.41, 5.74) is 4.35. The number of anilines is 1. The number of likely N-dealkylation sites (tertiary alicyclic amines) is 1. The Hall–Kier alpha value is -4.12. The van der Waals surface area contributed by atoms with Gasteiger partial charge in [-0.1, -0.05) is 62.4 Å². The monoisotopic (exact) mass is 686 g/mol. The van der Waals surface area contributed by atoms with E-state index in [4.69, 9.17) is 9.47 Å². The van der Waals surface area contributed by atoms with Crippen LogP contribution in [0.5, 0.6) is 17.2 Å². The summed E-state index contributed by atoms with van der Waals surface area (Å²) in [4.78, 5) is 29.3. The lowest BCUT2D eigenvalue weighted by molar-refractivity contribution is -0.134. The summed E-state index contributed by atoms with van der Waals surface area (Å²) in [5.74, 6) is 0.633. The van der Waals surface area contributed by atoms with Crippen LogP contribution in [0.15, 0.2) is 60.7 Å². The highest BCUT2D eigenvalue weighted by Crippen LogP contribution is 2.45. The van der Waals surface area contributed by atoms with Crippen molar-refractivity contribution in [1.29, 1.82) is 0 Å². The van der Waals surface area contributed by atoms with Gasteiger partial charge in [0, 0.05) is 30.1 Å². The fraction of sp³-hybridized carbons (Fsp3) is 0.500. The van der Waals surface area contributed by atoms with Crippen LogP contribution in [0.4, 0.5) is 5.69 Å². The molecule has 10 heteroatoms. The number of benzene rings is 3. The van der Waals surface area contributed by atoms with Crippen LogP contribution in [0.3, 0.4) is 0 Å². The number of fused-ring (bicyclic) bond motifs is 1. The van der Waals surface area contributed by atoms with Gasteiger partial charge in [-0.15, -0.1) is 0 Å². The number of hydrogen-bond donors (Lipinski definition) is 4. The van der Waals surface area contributed by atoms with Crippen molar-refractivity contribution in [2.75, 3.05) is 64.4 Å². The number of rotatable bonds is 17. The minimum Gasteiger partial charge on any atom is -0.508 e. The van der Waals surface area contributed by atoms with Gasteiger partial charge in [-0.05, 0) is 94.0 Å². The maximum atomic E-state index is 13.3. The Bertz CT molecular complexity index is 1570. The van der Waals surface area contributed by atoms with Crippen LogP contribution in [-0.4, -0.2) is 97.0 Å². The van der Waals surface area contributed by atoms with Gasteiger partial charge in [0.05, 0.1) is 19.6 Å². The Kier molecular flexibility index (Phi) is 13.1. The lowest BCUT2D eigenvalue weighted by Crippen LogP contribution is -2.43. The zero-order valence-electron chi connectivity index (χ0n) is 29.9. The van der Waals surface area contributed by atoms with Gasteiger partial charge in [0.15, 0.2) is 12.4 Å². The maximum Gasteiger partial charge on any atom is 0.262 e. The fourth-order valence-electron chi connectivity index (χ4n) is 7.21.